The Morgan fingerprint density at radius 2 is 1.81 bits per heavy atom. The van der Waals surface area contributed by atoms with E-state index in [-0.39, 0.29) is 35.5 Å². The van der Waals surface area contributed by atoms with E-state index in [4.69, 9.17) is 4.74 Å². The number of hydrogen-bond donors (Lipinski definition) is 2. The van der Waals surface area contributed by atoms with E-state index in [0.717, 1.165) is 11.0 Å². The van der Waals surface area contributed by atoms with Crippen LogP contribution in [0.25, 0.3) is 0 Å². The topological polar surface area (TPSA) is 147 Å². The summed E-state index contributed by atoms with van der Waals surface area (Å²) in [6.07, 6.45) is 0.0105. The number of rotatable bonds is 4. The van der Waals surface area contributed by atoms with Gasteiger partial charge < -0.3 is 4.74 Å². The van der Waals surface area contributed by atoms with E-state index in [0.29, 0.717) is 5.56 Å². The van der Waals surface area contributed by atoms with Crippen molar-refractivity contribution in [3.8, 4) is 11.5 Å². The molecule has 1 unspecified atom stereocenters. The number of fused-ring (bicyclic) bond motifs is 1. The van der Waals surface area contributed by atoms with Crippen LogP contribution >= 0.6 is 0 Å². The lowest BCUT2D eigenvalue weighted by Gasteiger charge is -2.27. The summed E-state index contributed by atoms with van der Waals surface area (Å²) in [5, 5.41) is 2.12. The molecule has 2 aromatic carbocycles. The minimum absolute atomic E-state index is 0.00517. The Morgan fingerprint density at radius 1 is 1.06 bits per heavy atom. The van der Waals surface area contributed by atoms with Crippen molar-refractivity contribution in [2.45, 2.75) is 30.7 Å². The molecule has 4 amide bonds. The Bertz CT molecular complexity index is 1270. The molecule has 0 aliphatic carbocycles. The first-order valence-electron chi connectivity index (χ1n) is 9.18. The minimum atomic E-state index is -4.48. The first-order chi connectivity index (χ1) is 14.6. The second-order valence-corrected chi connectivity index (χ2v) is 8.55. The molecule has 10 nitrogen and oxygen atoms in total. The third kappa shape index (κ3) is 3.57. The Kier molecular flexibility index (Phi) is 4.86. The van der Waals surface area contributed by atoms with Crippen molar-refractivity contribution < 1.29 is 36.9 Å². The normalized spacial score (nSPS) is 18.8. The van der Waals surface area contributed by atoms with Gasteiger partial charge in [-0.25, -0.2) is 0 Å². The maximum absolute atomic E-state index is 13.1. The highest BCUT2D eigenvalue weighted by molar-refractivity contribution is 7.85. The highest BCUT2D eigenvalue weighted by Crippen LogP contribution is 2.37. The number of aryl methyl sites for hydroxylation is 1. The van der Waals surface area contributed by atoms with E-state index in [1.807, 2.05) is 0 Å². The second-order valence-electron chi connectivity index (χ2n) is 7.13. The van der Waals surface area contributed by atoms with Gasteiger partial charge >= 0.3 is 0 Å². The van der Waals surface area contributed by atoms with Crippen LogP contribution in [0.5, 0.6) is 11.5 Å². The zero-order valence-corrected chi connectivity index (χ0v) is 16.9. The fraction of sp³-hybridized carbons (Fsp3) is 0.200. The summed E-state index contributed by atoms with van der Waals surface area (Å²) in [6, 6.07) is 6.92. The second kappa shape index (κ2) is 7.29. The van der Waals surface area contributed by atoms with Crippen LogP contribution < -0.4 is 10.1 Å². The Labute approximate surface area is 176 Å². The molecule has 11 heteroatoms. The van der Waals surface area contributed by atoms with Gasteiger partial charge in [0.15, 0.2) is 0 Å². The highest BCUT2D eigenvalue weighted by atomic mass is 32.2. The molecule has 0 radical (unpaired) electrons. The van der Waals surface area contributed by atoms with Gasteiger partial charge in [-0.1, -0.05) is 12.1 Å². The SMILES string of the molecule is Cc1ccc(S(=O)(=O)O)cc1Oc1cccc2c1C(=O)N(C1CCC(=O)NC1=O)C2=O. The molecule has 2 aliphatic heterocycles. The van der Waals surface area contributed by atoms with Gasteiger partial charge in [0.25, 0.3) is 21.9 Å². The van der Waals surface area contributed by atoms with E-state index >= 15 is 0 Å². The monoisotopic (exact) mass is 444 g/mol. The van der Waals surface area contributed by atoms with E-state index in [1.165, 1.54) is 30.3 Å². The Hall–Kier alpha value is -3.57. The van der Waals surface area contributed by atoms with Crippen LogP contribution in [0.4, 0.5) is 0 Å². The van der Waals surface area contributed by atoms with Crippen LogP contribution in [-0.2, 0) is 19.7 Å². The van der Waals surface area contributed by atoms with Crippen molar-refractivity contribution in [1.29, 1.82) is 0 Å². The minimum Gasteiger partial charge on any atom is -0.456 e. The quantitative estimate of drug-likeness (QED) is 0.532. The predicted molar refractivity (Wildman–Crippen MR) is 104 cm³/mol. The smallest absolute Gasteiger partial charge is 0.294 e. The van der Waals surface area contributed by atoms with Gasteiger partial charge in [-0.3, -0.25) is 33.9 Å². The molecule has 1 saturated heterocycles. The molecule has 1 atom stereocenters. The van der Waals surface area contributed by atoms with Gasteiger partial charge in [0.2, 0.25) is 11.8 Å². The van der Waals surface area contributed by atoms with Crippen LogP contribution in [0.3, 0.4) is 0 Å². The molecule has 2 heterocycles. The number of imide groups is 2. The van der Waals surface area contributed by atoms with Crippen LogP contribution in [0.2, 0.25) is 0 Å². The molecular formula is C20H16N2O8S. The summed E-state index contributed by atoms with van der Waals surface area (Å²) in [4.78, 5) is 50.0. The van der Waals surface area contributed by atoms with Crippen molar-refractivity contribution in [3.05, 3.63) is 53.1 Å². The molecule has 2 aliphatic rings. The lowest BCUT2D eigenvalue weighted by Crippen LogP contribution is -2.54. The average Bonchev–Trinajstić information content (AvgIpc) is 2.94. The Balaban J connectivity index is 1.72. The molecule has 2 N–H and O–H groups in total. The van der Waals surface area contributed by atoms with Crippen LogP contribution in [0, 0.1) is 6.92 Å². The number of hydrogen-bond acceptors (Lipinski definition) is 7. The lowest BCUT2D eigenvalue weighted by atomic mass is 10.0. The summed E-state index contributed by atoms with van der Waals surface area (Å²) >= 11 is 0. The molecule has 4 rings (SSSR count). The summed E-state index contributed by atoms with van der Waals surface area (Å²) in [5.74, 6) is -2.61. The van der Waals surface area contributed by atoms with Crippen LogP contribution in [0.15, 0.2) is 41.3 Å². The number of piperidine rings is 1. The number of amides is 4. The largest absolute Gasteiger partial charge is 0.456 e. The number of carbonyl (C=O) groups excluding carboxylic acids is 4. The number of carbonyl (C=O) groups is 4. The highest BCUT2D eigenvalue weighted by Gasteiger charge is 2.46. The number of nitrogens with zero attached hydrogens (tertiary/aromatic N) is 1. The molecule has 2 aromatic rings. The van der Waals surface area contributed by atoms with Crippen LogP contribution in [-0.4, -0.2) is 47.5 Å². The number of nitrogens with one attached hydrogen (secondary N) is 1. The molecule has 160 valence electrons. The van der Waals surface area contributed by atoms with E-state index in [9.17, 15) is 32.1 Å². The van der Waals surface area contributed by atoms with Gasteiger partial charge in [0, 0.05) is 12.5 Å². The van der Waals surface area contributed by atoms with Crippen molar-refractivity contribution >= 4 is 33.7 Å². The predicted octanol–water partition coefficient (Wildman–Crippen LogP) is 1.44. The van der Waals surface area contributed by atoms with Crippen LogP contribution in [0.1, 0.15) is 39.1 Å². The molecule has 31 heavy (non-hydrogen) atoms. The number of ether oxygens (including phenoxy) is 1. The van der Waals surface area contributed by atoms with Gasteiger partial charge in [-0.05, 0) is 37.1 Å². The maximum Gasteiger partial charge on any atom is 0.294 e. The van der Waals surface area contributed by atoms with Gasteiger partial charge in [0.05, 0.1) is 16.0 Å². The third-order valence-electron chi connectivity index (χ3n) is 5.11. The fourth-order valence-corrected chi connectivity index (χ4v) is 4.03. The van der Waals surface area contributed by atoms with Crippen molar-refractivity contribution in [1.82, 2.24) is 10.2 Å². The molecular weight excluding hydrogens is 428 g/mol. The fourth-order valence-electron chi connectivity index (χ4n) is 3.54. The zero-order chi connectivity index (χ0) is 22.5. The third-order valence-corrected chi connectivity index (χ3v) is 5.96. The summed E-state index contributed by atoms with van der Waals surface area (Å²) < 4.78 is 37.9. The molecule has 1 fully saturated rings. The van der Waals surface area contributed by atoms with Crippen molar-refractivity contribution in [2.24, 2.45) is 0 Å². The molecule has 0 aromatic heterocycles. The summed E-state index contributed by atoms with van der Waals surface area (Å²) in [7, 11) is -4.48. The maximum atomic E-state index is 13.1. The van der Waals surface area contributed by atoms with Gasteiger partial charge in [0.1, 0.15) is 17.5 Å². The molecule has 0 bridgehead atoms. The number of benzene rings is 2. The zero-order valence-electron chi connectivity index (χ0n) is 16.1. The standard InChI is InChI=1S/C20H16N2O8S/c1-10-5-6-11(31(27,28)29)9-15(10)30-14-4-2-3-12-17(14)20(26)22(19(12)25)13-7-8-16(23)21-18(13)24/h2-6,9,13H,7-8H2,1H3,(H,21,23,24)(H,27,28,29). The molecule has 0 saturated carbocycles. The summed E-state index contributed by atoms with van der Waals surface area (Å²) in [5.41, 5.74) is 0.466. The first-order valence-corrected chi connectivity index (χ1v) is 10.6. The average molecular weight is 444 g/mol. The van der Waals surface area contributed by atoms with E-state index in [2.05, 4.69) is 5.32 Å². The first kappa shape index (κ1) is 20.7. The van der Waals surface area contributed by atoms with Gasteiger partial charge in [-0.2, -0.15) is 8.42 Å². The lowest BCUT2D eigenvalue weighted by molar-refractivity contribution is -0.136. The van der Waals surface area contributed by atoms with E-state index < -0.39 is 44.7 Å². The Morgan fingerprint density at radius 3 is 2.48 bits per heavy atom. The van der Waals surface area contributed by atoms with Crippen molar-refractivity contribution in [2.75, 3.05) is 0 Å². The summed E-state index contributed by atoms with van der Waals surface area (Å²) in [6.45, 7) is 1.63. The van der Waals surface area contributed by atoms with Crippen molar-refractivity contribution in [3.63, 3.8) is 0 Å². The molecule has 0 spiro atoms. The van der Waals surface area contributed by atoms with E-state index in [1.54, 1.807) is 6.92 Å². The van der Waals surface area contributed by atoms with Gasteiger partial charge in [-0.15, -0.1) is 0 Å².